The number of rotatable bonds is 3. The molecule has 6 heteroatoms. The Morgan fingerprint density at radius 2 is 1.90 bits per heavy atom. The van der Waals surface area contributed by atoms with Crippen molar-refractivity contribution < 1.29 is 19.4 Å². The molecular formula is C15H26N2O4. The second-order valence-electron chi connectivity index (χ2n) is 6.49. The van der Waals surface area contributed by atoms with E-state index in [0.29, 0.717) is 19.6 Å². The van der Waals surface area contributed by atoms with Crippen LogP contribution in [0.5, 0.6) is 0 Å². The number of hydrogen-bond acceptors (Lipinski definition) is 3. The zero-order chi connectivity index (χ0) is 15.5. The van der Waals surface area contributed by atoms with Crippen molar-refractivity contribution in [1.82, 2.24) is 9.80 Å². The number of nitrogens with zero attached hydrogens (tertiary/aromatic N) is 2. The van der Waals surface area contributed by atoms with Crippen LogP contribution in [0.4, 0.5) is 4.79 Å². The van der Waals surface area contributed by atoms with Gasteiger partial charge in [0, 0.05) is 33.2 Å². The van der Waals surface area contributed by atoms with E-state index in [1.54, 1.807) is 7.11 Å². The summed E-state index contributed by atoms with van der Waals surface area (Å²) in [6, 6.07) is 0.0757. The smallest absolute Gasteiger partial charge is 0.320 e. The summed E-state index contributed by atoms with van der Waals surface area (Å²) in [5.74, 6) is -0.538. The number of carboxylic acids is 1. The summed E-state index contributed by atoms with van der Waals surface area (Å²) in [5.41, 5.74) is -0.241. The van der Waals surface area contributed by atoms with Crippen LogP contribution in [0.2, 0.25) is 0 Å². The molecule has 2 heterocycles. The van der Waals surface area contributed by atoms with Gasteiger partial charge in [-0.05, 0) is 38.5 Å². The van der Waals surface area contributed by atoms with Gasteiger partial charge in [0.25, 0.3) is 0 Å². The molecule has 2 fully saturated rings. The average Bonchev–Trinajstić information content (AvgIpc) is 2.47. The van der Waals surface area contributed by atoms with Gasteiger partial charge in [-0.1, -0.05) is 0 Å². The highest BCUT2D eigenvalue weighted by Crippen LogP contribution is 2.26. The first-order chi connectivity index (χ1) is 9.93. The van der Waals surface area contributed by atoms with Gasteiger partial charge < -0.3 is 19.6 Å². The molecule has 0 aliphatic carbocycles. The number of ether oxygens (including phenoxy) is 1. The lowest BCUT2D eigenvalue weighted by atomic mass is 9.93. The molecule has 1 N–H and O–H groups in total. The lowest BCUT2D eigenvalue weighted by molar-refractivity contribution is -0.138. The van der Waals surface area contributed by atoms with Crippen LogP contribution in [0.25, 0.3) is 0 Å². The molecule has 0 aromatic heterocycles. The highest BCUT2D eigenvalue weighted by molar-refractivity contribution is 5.75. The van der Waals surface area contributed by atoms with E-state index in [4.69, 9.17) is 9.84 Å². The first-order valence-corrected chi connectivity index (χ1v) is 7.74. The van der Waals surface area contributed by atoms with Gasteiger partial charge in [-0.3, -0.25) is 4.79 Å². The SMILES string of the molecule is COC1(C)CCCN(C(=O)N2CCC(CC(=O)O)CC2)C1. The number of carbonyl (C=O) groups is 2. The van der Waals surface area contributed by atoms with Crippen LogP contribution in [0.1, 0.15) is 39.0 Å². The highest BCUT2D eigenvalue weighted by atomic mass is 16.5. The van der Waals surface area contributed by atoms with E-state index < -0.39 is 5.97 Å². The second-order valence-corrected chi connectivity index (χ2v) is 6.49. The number of carbonyl (C=O) groups excluding carboxylic acids is 1. The largest absolute Gasteiger partial charge is 0.481 e. The van der Waals surface area contributed by atoms with Crippen molar-refractivity contribution in [3.63, 3.8) is 0 Å². The van der Waals surface area contributed by atoms with Crippen LogP contribution in [-0.2, 0) is 9.53 Å². The van der Waals surface area contributed by atoms with Gasteiger partial charge in [-0.15, -0.1) is 0 Å². The zero-order valence-corrected chi connectivity index (χ0v) is 13.0. The fraction of sp³-hybridized carbons (Fsp3) is 0.867. The van der Waals surface area contributed by atoms with E-state index in [-0.39, 0.29) is 24.0 Å². The maximum absolute atomic E-state index is 12.6. The van der Waals surface area contributed by atoms with E-state index in [1.807, 2.05) is 16.7 Å². The Kier molecular flexibility index (Phi) is 5.08. The van der Waals surface area contributed by atoms with E-state index in [1.165, 1.54) is 0 Å². The molecule has 1 unspecified atom stereocenters. The number of amides is 2. The Bertz CT molecular complexity index is 393. The van der Waals surface area contributed by atoms with Crippen molar-refractivity contribution in [2.45, 2.75) is 44.6 Å². The molecule has 120 valence electrons. The fourth-order valence-electron chi connectivity index (χ4n) is 3.31. The Hall–Kier alpha value is -1.30. The van der Waals surface area contributed by atoms with Crippen LogP contribution >= 0.6 is 0 Å². The molecule has 0 saturated carbocycles. The van der Waals surface area contributed by atoms with E-state index in [0.717, 1.165) is 32.2 Å². The highest BCUT2D eigenvalue weighted by Gasteiger charge is 2.35. The first kappa shape index (κ1) is 16.1. The molecule has 2 aliphatic rings. The molecule has 6 nitrogen and oxygen atoms in total. The summed E-state index contributed by atoms with van der Waals surface area (Å²) >= 11 is 0. The number of hydrogen-bond donors (Lipinski definition) is 1. The third kappa shape index (κ3) is 4.09. The molecule has 0 radical (unpaired) electrons. The lowest BCUT2D eigenvalue weighted by Crippen LogP contribution is -2.54. The maximum Gasteiger partial charge on any atom is 0.320 e. The normalized spacial score (nSPS) is 27.7. The standard InChI is InChI=1S/C15H26N2O4/c1-15(21-2)6-3-7-17(11-15)14(20)16-8-4-12(5-9-16)10-13(18)19/h12H,3-11H2,1-2H3,(H,18,19). The quantitative estimate of drug-likeness (QED) is 0.862. The molecule has 1 atom stereocenters. The van der Waals surface area contributed by atoms with Crippen molar-refractivity contribution in [3.05, 3.63) is 0 Å². The lowest BCUT2D eigenvalue weighted by Gasteiger charge is -2.42. The molecule has 0 bridgehead atoms. The summed E-state index contributed by atoms with van der Waals surface area (Å²) < 4.78 is 5.53. The van der Waals surface area contributed by atoms with Gasteiger partial charge in [0.15, 0.2) is 0 Å². The van der Waals surface area contributed by atoms with E-state index in [9.17, 15) is 9.59 Å². The average molecular weight is 298 g/mol. The molecule has 0 aromatic carbocycles. The minimum absolute atomic E-state index is 0.0757. The van der Waals surface area contributed by atoms with Crippen molar-refractivity contribution in [2.75, 3.05) is 33.3 Å². The molecule has 0 spiro atoms. The Labute approximate surface area is 126 Å². The van der Waals surface area contributed by atoms with Gasteiger partial charge in [-0.25, -0.2) is 4.79 Å². The Morgan fingerprint density at radius 3 is 2.48 bits per heavy atom. The molecule has 0 aromatic rings. The predicted octanol–water partition coefficient (Wildman–Crippen LogP) is 1.79. The van der Waals surface area contributed by atoms with E-state index in [2.05, 4.69) is 0 Å². The van der Waals surface area contributed by atoms with Crippen molar-refractivity contribution >= 4 is 12.0 Å². The molecule has 2 saturated heterocycles. The monoisotopic (exact) mass is 298 g/mol. The number of piperidine rings is 2. The van der Waals surface area contributed by atoms with Gasteiger partial charge in [0.05, 0.1) is 12.1 Å². The number of aliphatic carboxylic acids is 1. The summed E-state index contributed by atoms with van der Waals surface area (Å²) in [6.45, 7) is 4.80. The fourth-order valence-corrected chi connectivity index (χ4v) is 3.31. The molecular weight excluding hydrogens is 272 g/mol. The van der Waals surface area contributed by atoms with E-state index >= 15 is 0 Å². The van der Waals surface area contributed by atoms with Crippen LogP contribution in [0.3, 0.4) is 0 Å². The van der Waals surface area contributed by atoms with Crippen LogP contribution in [-0.4, -0.2) is 65.8 Å². The summed E-state index contributed by atoms with van der Waals surface area (Å²) in [7, 11) is 1.70. The van der Waals surface area contributed by atoms with Gasteiger partial charge in [0.1, 0.15) is 0 Å². The number of likely N-dealkylation sites (tertiary alicyclic amines) is 2. The number of methoxy groups -OCH3 is 1. The Morgan fingerprint density at radius 1 is 1.24 bits per heavy atom. The van der Waals surface area contributed by atoms with Crippen molar-refractivity contribution in [2.24, 2.45) is 5.92 Å². The molecule has 2 rings (SSSR count). The summed E-state index contributed by atoms with van der Waals surface area (Å²) in [4.78, 5) is 27.0. The van der Waals surface area contributed by atoms with Crippen LogP contribution in [0, 0.1) is 5.92 Å². The van der Waals surface area contributed by atoms with Gasteiger partial charge in [-0.2, -0.15) is 0 Å². The van der Waals surface area contributed by atoms with Crippen molar-refractivity contribution in [3.8, 4) is 0 Å². The molecule has 2 amide bonds. The summed E-state index contributed by atoms with van der Waals surface area (Å²) in [5, 5.41) is 8.83. The minimum atomic E-state index is -0.744. The van der Waals surface area contributed by atoms with Gasteiger partial charge >= 0.3 is 12.0 Å². The predicted molar refractivity (Wildman–Crippen MR) is 78.2 cm³/mol. The maximum atomic E-state index is 12.6. The third-order valence-electron chi connectivity index (χ3n) is 4.77. The van der Waals surface area contributed by atoms with Crippen LogP contribution < -0.4 is 0 Å². The molecule has 21 heavy (non-hydrogen) atoms. The summed E-state index contributed by atoms with van der Waals surface area (Å²) in [6.07, 6.45) is 3.73. The first-order valence-electron chi connectivity index (χ1n) is 7.74. The third-order valence-corrected chi connectivity index (χ3v) is 4.77. The van der Waals surface area contributed by atoms with Crippen LogP contribution in [0.15, 0.2) is 0 Å². The number of urea groups is 1. The van der Waals surface area contributed by atoms with Gasteiger partial charge in [0.2, 0.25) is 0 Å². The Balaban J connectivity index is 1.85. The zero-order valence-electron chi connectivity index (χ0n) is 13.0. The topological polar surface area (TPSA) is 70.1 Å². The van der Waals surface area contributed by atoms with Crippen molar-refractivity contribution in [1.29, 1.82) is 0 Å². The number of carboxylic acid groups (broad SMARTS) is 1. The second kappa shape index (κ2) is 6.64. The minimum Gasteiger partial charge on any atom is -0.481 e. The molecule has 2 aliphatic heterocycles.